The average Bonchev–Trinajstić information content (AvgIpc) is 3.56. The monoisotopic (exact) mass is 510 g/mol. The molecule has 3 heterocycles. The van der Waals surface area contributed by atoms with Crippen LogP contribution in [-0.2, 0) is 14.3 Å². The number of nitrogens with zero attached hydrogens (tertiary/aromatic N) is 4. The van der Waals surface area contributed by atoms with Gasteiger partial charge < -0.3 is 14.4 Å². The van der Waals surface area contributed by atoms with E-state index in [1.165, 1.54) is 0 Å². The van der Waals surface area contributed by atoms with Crippen molar-refractivity contribution < 1.29 is 19.1 Å². The molecular weight excluding hydrogens is 476 g/mol. The second-order valence-corrected chi connectivity index (χ2v) is 10.5. The maximum atomic E-state index is 13.8. The number of morpholine rings is 1. The number of methoxy groups -OCH3 is 1. The third-order valence-corrected chi connectivity index (χ3v) is 8.27. The van der Waals surface area contributed by atoms with Gasteiger partial charge in [0.25, 0.3) is 5.91 Å². The molecule has 1 saturated heterocycles. The molecule has 2 amide bonds. The Morgan fingerprint density at radius 3 is 2.67 bits per heavy atom. The molecule has 1 atom stereocenters. The molecule has 2 fully saturated rings. The zero-order valence-electron chi connectivity index (χ0n) is 20.8. The summed E-state index contributed by atoms with van der Waals surface area (Å²) in [5.41, 5.74) is 1.81. The molecule has 1 aromatic heterocycles. The van der Waals surface area contributed by atoms with E-state index < -0.39 is 0 Å². The summed E-state index contributed by atoms with van der Waals surface area (Å²) >= 11 is 1.62. The van der Waals surface area contributed by atoms with Crippen molar-refractivity contribution in [3.63, 3.8) is 0 Å². The van der Waals surface area contributed by atoms with E-state index in [0.717, 1.165) is 60.8 Å². The zero-order valence-corrected chi connectivity index (χ0v) is 21.6. The molecule has 2 aromatic rings. The van der Waals surface area contributed by atoms with Gasteiger partial charge in [0.15, 0.2) is 0 Å². The number of carbonyl (C=O) groups excluding carboxylic acids is 2. The molecule has 0 bridgehead atoms. The molecule has 8 nitrogen and oxygen atoms in total. The molecule has 0 N–H and O–H groups in total. The van der Waals surface area contributed by atoms with E-state index in [2.05, 4.69) is 4.90 Å². The first-order valence-corrected chi connectivity index (χ1v) is 13.7. The Hall–Kier alpha value is -2.75. The van der Waals surface area contributed by atoms with Gasteiger partial charge in [-0.25, -0.2) is 5.01 Å². The van der Waals surface area contributed by atoms with Crippen molar-refractivity contribution >= 4 is 28.9 Å². The minimum Gasteiger partial charge on any atom is -0.496 e. The molecule has 0 spiro atoms. The number of hydrogen-bond donors (Lipinski definition) is 0. The van der Waals surface area contributed by atoms with E-state index in [4.69, 9.17) is 14.6 Å². The van der Waals surface area contributed by atoms with Crippen molar-refractivity contribution in [2.24, 2.45) is 11.0 Å². The smallest absolute Gasteiger partial charge is 0.262 e. The van der Waals surface area contributed by atoms with E-state index in [-0.39, 0.29) is 30.3 Å². The largest absolute Gasteiger partial charge is 0.496 e. The topological polar surface area (TPSA) is 74.7 Å². The summed E-state index contributed by atoms with van der Waals surface area (Å²) in [5.74, 6) is 0.708. The summed E-state index contributed by atoms with van der Waals surface area (Å²) in [6, 6.07) is 11.5. The quantitative estimate of drug-likeness (QED) is 0.517. The van der Waals surface area contributed by atoms with Gasteiger partial charge in [-0.05, 0) is 30.4 Å². The number of carbonyl (C=O) groups is 2. The Morgan fingerprint density at radius 1 is 1.17 bits per heavy atom. The lowest BCUT2D eigenvalue weighted by Crippen LogP contribution is -2.49. The van der Waals surface area contributed by atoms with Gasteiger partial charge in [0.2, 0.25) is 5.91 Å². The third-order valence-electron chi connectivity index (χ3n) is 7.35. The number of ether oxygens (including phenoxy) is 2. The van der Waals surface area contributed by atoms with E-state index in [0.29, 0.717) is 26.2 Å². The first-order chi connectivity index (χ1) is 17.6. The maximum absolute atomic E-state index is 13.8. The van der Waals surface area contributed by atoms with Gasteiger partial charge in [0.1, 0.15) is 12.3 Å². The first kappa shape index (κ1) is 24.9. The number of amides is 2. The van der Waals surface area contributed by atoms with E-state index in [1.54, 1.807) is 28.4 Å². The molecule has 3 aliphatic rings. The van der Waals surface area contributed by atoms with Crippen LogP contribution in [0.3, 0.4) is 0 Å². The summed E-state index contributed by atoms with van der Waals surface area (Å²) in [5, 5.41) is 8.40. The van der Waals surface area contributed by atoms with Crippen LogP contribution in [-0.4, -0.2) is 85.4 Å². The van der Waals surface area contributed by atoms with Crippen LogP contribution in [0.25, 0.3) is 0 Å². The van der Waals surface area contributed by atoms with Crippen LogP contribution in [0.5, 0.6) is 5.75 Å². The summed E-state index contributed by atoms with van der Waals surface area (Å²) in [6.07, 6.45) is 3.51. The van der Waals surface area contributed by atoms with Gasteiger partial charge in [0, 0.05) is 44.1 Å². The van der Waals surface area contributed by atoms with E-state index in [1.807, 2.05) is 41.8 Å². The standard InChI is InChI=1S/C27H34N4O4S/c1-34-24-9-3-2-8-21(24)23-18-22(25-10-5-17-36-25)28-31(23)26(32)19-30(27(33)20-6-4-7-20)12-11-29-13-15-35-16-14-29/h2-3,5,8-10,17,20,23H,4,6-7,11-16,18-19H2,1H3/t23-/m1/s1. The minimum atomic E-state index is -0.273. The second kappa shape index (κ2) is 11.5. The number of hydrazone groups is 1. The molecule has 192 valence electrons. The van der Waals surface area contributed by atoms with Crippen molar-refractivity contribution in [1.82, 2.24) is 14.8 Å². The highest BCUT2D eigenvalue weighted by atomic mass is 32.1. The molecule has 1 aliphatic carbocycles. The number of thiophene rings is 1. The van der Waals surface area contributed by atoms with Gasteiger partial charge in [-0.2, -0.15) is 5.10 Å². The highest BCUT2D eigenvalue weighted by molar-refractivity contribution is 7.12. The normalized spacial score (nSPS) is 20.6. The predicted molar refractivity (Wildman–Crippen MR) is 139 cm³/mol. The van der Waals surface area contributed by atoms with E-state index in [9.17, 15) is 9.59 Å². The predicted octanol–water partition coefficient (Wildman–Crippen LogP) is 3.40. The number of benzene rings is 1. The average molecular weight is 511 g/mol. The Morgan fingerprint density at radius 2 is 1.97 bits per heavy atom. The van der Waals surface area contributed by atoms with Crippen molar-refractivity contribution in [1.29, 1.82) is 0 Å². The Balaban J connectivity index is 1.36. The minimum absolute atomic E-state index is 0.0343. The summed E-state index contributed by atoms with van der Waals surface area (Å²) < 4.78 is 11.1. The lowest BCUT2D eigenvalue weighted by molar-refractivity contribution is -0.145. The van der Waals surface area contributed by atoms with Crippen LogP contribution in [0, 0.1) is 5.92 Å². The Kier molecular flexibility index (Phi) is 7.99. The van der Waals surface area contributed by atoms with Crippen LogP contribution < -0.4 is 4.74 Å². The number of rotatable bonds is 9. The third kappa shape index (κ3) is 5.48. The summed E-state index contributed by atoms with van der Waals surface area (Å²) in [6.45, 7) is 4.46. The molecule has 36 heavy (non-hydrogen) atoms. The van der Waals surface area contributed by atoms with Crippen LogP contribution in [0.15, 0.2) is 46.9 Å². The molecule has 1 aromatic carbocycles. The van der Waals surface area contributed by atoms with Crippen molar-refractivity contribution in [2.45, 2.75) is 31.7 Å². The van der Waals surface area contributed by atoms with Gasteiger partial charge in [-0.3, -0.25) is 14.5 Å². The maximum Gasteiger partial charge on any atom is 0.262 e. The first-order valence-electron chi connectivity index (χ1n) is 12.8. The van der Waals surface area contributed by atoms with Crippen LogP contribution >= 0.6 is 11.3 Å². The van der Waals surface area contributed by atoms with E-state index >= 15 is 0 Å². The zero-order chi connectivity index (χ0) is 24.9. The van der Waals surface area contributed by atoms with Crippen LogP contribution in [0.1, 0.15) is 42.2 Å². The van der Waals surface area contributed by atoms with Crippen molar-refractivity contribution in [3.8, 4) is 5.75 Å². The number of hydrogen-bond acceptors (Lipinski definition) is 7. The number of para-hydroxylation sites is 1. The Bertz CT molecular complexity index is 1080. The highest BCUT2D eigenvalue weighted by Gasteiger charge is 2.37. The van der Waals surface area contributed by atoms with Gasteiger partial charge >= 0.3 is 0 Å². The van der Waals surface area contributed by atoms with Crippen molar-refractivity contribution in [3.05, 3.63) is 52.2 Å². The van der Waals surface area contributed by atoms with Gasteiger partial charge in [-0.15, -0.1) is 11.3 Å². The molecule has 1 saturated carbocycles. The lowest BCUT2D eigenvalue weighted by Gasteiger charge is -2.34. The van der Waals surface area contributed by atoms with Crippen molar-refractivity contribution in [2.75, 3.05) is 53.0 Å². The van der Waals surface area contributed by atoms with Gasteiger partial charge in [-0.1, -0.05) is 30.7 Å². The summed E-state index contributed by atoms with van der Waals surface area (Å²) in [4.78, 5) is 32.2. The summed E-state index contributed by atoms with van der Waals surface area (Å²) in [7, 11) is 1.64. The Labute approximate surface area is 216 Å². The fraction of sp³-hybridized carbons (Fsp3) is 0.519. The second-order valence-electron chi connectivity index (χ2n) is 9.57. The fourth-order valence-corrected chi connectivity index (χ4v) is 5.74. The molecular formula is C27H34N4O4S. The van der Waals surface area contributed by atoms with Gasteiger partial charge in [0.05, 0.1) is 37.0 Å². The highest BCUT2D eigenvalue weighted by Crippen LogP contribution is 2.38. The fourth-order valence-electron chi connectivity index (χ4n) is 5.02. The molecule has 2 aliphatic heterocycles. The SMILES string of the molecule is COc1ccccc1[C@H]1CC(c2cccs2)=NN1C(=O)CN(CCN1CCOCC1)C(=O)C1CCC1. The van der Waals surface area contributed by atoms with Crippen LogP contribution in [0.2, 0.25) is 0 Å². The molecule has 9 heteroatoms. The lowest BCUT2D eigenvalue weighted by atomic mass is 9.84. The van der Waals surface area contributed by atoms with Crippen LogP contribution in [0.4, 0.5) is 0 Å². The molecule has 0 unspecified atom stereocenters. The molecule has 5 rings (SSSR count). The molecule has 0 radical (unpaired) electrons.